The zero-order valence-corrected chi connectivity index (χ0v) is 29.3. The van der Waals surface area contributed by atoms with E-state index in [2.05, 4.69) is 58.9 Å². The molecule has 1 fully saturated rings. The summed E-state index contributed by atoms with van der Waals surface area (Å²) in [6.07, 6.45) is 7.47. The number of fused-ring (bicyclic) bond motifs is 6. The monoisotopic (exact) mass is 692 g/mol. The molecule has 3 aliphatic carbocycles. The van der Waals surface area contributed by atoms with Crippen LogP contribution in [0.25, 0.3) is 11.3 Å². The van der Waals surface area contributed by atoms with Crippen LogP contribution < -0.4 is 10.6 Å². The molecular weight excluding hydrogens is 651 g/mol. The van der Waals surface area contributed by atoms with E-state index in [-0.39, 0.29) is 35.3 Å². The van der Waals surface area contributed by atoms with E-state index in [0.717, 1.165) is 62.7 Å². The maximum atomic E-state index is 16.5. The fourth-order valence-corrected chi connectivity index (χ4v) is 8.54. The van der Waals surface area contributed by atoms with Gasteiger partial charge in [0, 0.05) is 47.7 Å². The van der Waals surface area contributed by atoms with Gasteiger partial charge in [0.1, 0.15) is 11.6 Å². The van der Waals surface area contributed by atoms with Crippen LogP contribution in [-0.2, 0) is 12.8 Å². The second-order valence-corrected chi connectivity index (χ2v) is 14.9. The predicted octanol–water partition coefficient (Wildman–Crippen LogP) is 8.85. The molecule has 9 rings (SSSR count). The highest BCUT2D eigenvalue weighted by Gasteiger charge is 2.36. The second-order valence-electron chi connectivity index (χ2n) is 14.9. The lowest BCUT2D eigenvalue weighted by atomic mass is 9.72. The van der Waals surface area contributed by atoms with Crippen molar-refractivity contribution in [2.75, 3.05) is 18.4 Å². The number of benzene rings is 4. The van der Waals surface area contributed by atoms with E-state index < -0.39 is 0 Å². The number of halogens is 2. The Morgan fingerprint density at radius 2 is 1.54 bits per heavy atom. The SMILES string of the molecule is CC(CNc1ncc2c(n1)-c1ccccc1C(c1ccccc1F)C2)Cc1cccc(C2CC3CN=C(NC4CCC4)N=C3c3ccccc32)c1F. The fraction of sp³-hybridized carbons (Fsp3) is 0.318. The maximum absolute atomic E-state index is 16.5. The van der Waals surface area contributed by atoms with Crippen molar-refractivity contribution in [3.63, 3.8) is 0 Å². The highest BCUT2D eigenvalue weighted by molar-refractivity contribution is 6.11. The molecule has 4 unspecified atom stereocenters. The van der Waals surface area contributed by atoms with Gasteiger partial charge in [-0.15, -0.1) is 0 Å². The molecule has 4 atom stereocenters. The number of hydrogen-bond acceptors (Lipinski definition) is 6. The number of anilines is 1. The molecule has 0 spiro atoms. The summed E-state index contributed by atoms with van der Waals surface area (Å²) < 4.78 is 31.4. The van der Waals surface area contributed by atoms with Crippen LogP contribution in [0, 0.1) is 23.5 Å². The molecule has 5 aromatic rings. The van der Waals surface area contributed by atoms with Crippen LogP contribution in [0.5, 0.6) is 0 Å². The molecule has 4 aromatic carbocycles. The van der Waals surface area contributed by atoms with Crippen LogP contribution in [0.15, 0.2) is 107 Å². The van der Waals surface area contributed by atoms with Crippen LogP contribution in [0.3, 0.4) is 0 Å². The molecule has 1 saturated carbocycles. The van der Waals surface area contributed by atoms with Gasteiger partial charge in [0.15, 0.2) is 0 Å². The average molecular weight is 693 g/mol. The molecule has 1 aromatic heterocycles. The largest absolute Gasteiger partial charge is 0.354 e. The van der Waals surface area contributed by atoms with Crippen LogP contribution in [-0.4, -0.2) is 40.8 Å². The van der Waals surface area contributed by atoms with Crippen LogP contribution in [0.1, 0.15) is 83.4 Å². The van der Waals surface area contributed by atoms with E-state index in [9.17, 15) is 4.39 Å². The first kappa shape index (κ1) is 32.7. The Kier molecular flexibility index (Phi) is 8.61. The van der Waals surface area contributed by atoms with Crippen molar-refractivity contribution in [2.45, 2.75) is 63.3 Å². The highest BCUT2D eigenvalue weighted by atomic mass is 19.1. The van der Waals surface area contributed by atoms with Crippen molar-refractivity contribution in [3.05, 3.63) is 148 Å². The van der Waals surface area contributed by atoms with E-state index >= 15 is 4.39 Å². The third-order valence-electron chi connectivity index (χ3n) is 11.5. The van der Waals surface area contributed by atoms with Gasteiger partial charge in [0.05, 0.1) is 18.0 Å². The van der Waals surface area contributed by atoms with Gasteiger partial charge in [-0.1, -0.05) is 91.9 Å². The highest BCUT2D eigenvalue weighted by Crippen LogP contribution is 2.44. The van der Waals surface area contributed by atoms with Crippen molar-refractivity contribution in [1.29, 1.82) is 0 Å². The molecule has 6 nitrogen and oxygen atoms in total. The summed E-state index contributed by atoms with van der Waals surface area (Å²) in [5.41, 5.74) is 9.44. The molecule has 1 aliphatic heterocycles. The smallest absolute Gasteiger partial charge is 0.223 e. The van der Waals surface area contributed by atoms with Gasteiger partial charge in [-0.3, -0.25) is 4.99 Å². The molecule has 2 N–H and O–H groups in total. The minimum absolute atomic E-state index is 0.0605. The number of nitrogens with one attached hydrogen (secondary N) is 2. The van der Waals surface area contributed by atoms with Gasteiger partial charge in [0.2, 0.25) is 11.9 Å². The summed E-state index contributed by atoms with van der Waals surface area (Å²) in [4.78, 5) is 19.4. The summed E-state index contributed by atoms with van der Waals surface area (Å²) in [6, 6.07) is 29.9. The summed E-state index contributed by atoms with van der Waals surface area (Å²) >= 11 is 0. The Morgan fingerprint density at radius 3 is 2.33 bits per heavy atom. The van der Waals surface area contributed by atoms with Gasteiger partial charge >= 0.3 is 0 Å². The summed E-state index contributed by atoms with van der Waals surface area (Å²) in [6.45, 7) is 3.39. The van der Waals surface area contributed by atoms with E-state index in [1.807, 2.05) is 48.7 Å². The fourth-order valence-electron chi connectivity index (χ4n) is 8.54. The first-order valence-corrected chi connectivity index (χ1v) is 18.7. The molecule has 0 amide bonds. The number of hydrogen-bond donors (Lipinski definition) is 2. The Hall–Kier alpha value is -5.24. The lowest BCUT2D eigenvalue weighted by Crippen LogP contribution is -2.42. The first-order chi connectivity index (χ1) is 25.5. The molecular formula is C44H42F2N6. The molecule has 262 valence electrons. The minimum Gasteiger partial charge on any atom is -0.354 e. The molecule has 0 saturated heterocycles. The van der Waals surface area contributed by atoms with E-state index in [1.54, 1.807) is 6.07 Å². The lowest BCUT2D eigenvalue weighted by Gasteiger charge is -2.35. The third kappa shape index (κ3) is 6.08. The number of aliphatic imine (C=N–C) groups is 2. The number of aromatic nitrogens is 2. The van der Waals surface area contributed by atoms with Crippen LogP contribution >= 0.6 is 0 Å². The summed E-state index contributed by atoms with van der Waals surface area (Å²) in [5.74, 6) is 1.09. The van der Waals surface area contributed by atoms with Crippen molar-refractivity contribution in [3.8, 4) is 11.3 Å². The van der Waals surface area contributed by atoms with Crippen LogP contribution in [0.2, 0.25) is 0 Å². The Labute approximate surface area is 303 Å². The van der Waals surface area contributed by atoms with Gasteiger partial charge < -0.3 is 10.6 Å². The Morgan fingerprint density at radius 1 is 0.808 bits per heavy atom. The normalized spacial score (nSPS) is 20.9. The minimum atomic E-state index is -0.197. The Balaban J connectivity index is 0.905. The summed E-state index contributed by atoms with van der Waals surface area (Å²) in [5, 5.41) is 6.95. The molecule has 0 radical (unpaired) electrons. The quantitative estimate of drug-likeness (QED) is 0.171. The third-order valence-corrected chi connectivity index (χ3v) is 11.5. The van der Waals surface area contributed by atoms with Crippen LogP contribution in [0.4, 0.5) is 14.7 Å². The number of nitrogens with zero attached hydrogens (tertiary/aromatic N) is 4. The van der Waals surface area contributed by atoms with Gasteiger partial charge in [0.25, 0.3) is 0 Å². The van der Waals surface area contributed by atoms with Crippen molar-refractivity contribution in [2.24, 2.45) is 21.8 Å². The van der Waals surface area contributed by atoms with E-state index in [0.29, 0.717) is 43.5 Å². The van der Waals surface area contributed by atoms with Gasteiger partial charge in [-0.2, -0.15) is 0 Å². The van der Waals surface area contributed by atoms with Crippen molar-refractivity contribution >= 4 is 17.6 Å². The number of rotatable bonds is 8. The Bertz CT molecular complexity index is 2210. The molecule has 2 heterocycles. The first-order valence-electron chi connectivity index (χ1n) is 18.7. The second kappa shape index (κ2) is 13.7. The van der Waals surface area contributed by atoms with E-state index in [4.69, 9.17) is 15.0 Å². The number of guanidine groups is 1. The maximum Gasteiger partial charge on any atom is 0.223 e. The topological polar surface area (TPSA) is 74.6 Å². The van der Waals surface area contributed by atoms with Gasteiger partial charge in [-0.05, 0) is 83.9 Å². The lowest BCUT2D eigenvalue weighted by molar-refractivity contribution is 0.381. The van der Waals surface area contributed by atoms with E-state index in [1.165, 1.54) is 25.3 Å². The zero-order chi connectivity index (χ0) is 35.2. The van der Waals surface area contributed by atoms with Gasteiger partial charge in [-0.25, -0.2) is 23.7 Å². The molecule has 4 aliphatic rings. The average Bonchev–Trinajstić information content (AvgIpc) is 3.16. The summed E-state index contributed by atoms with van der Waals surface area (Å²) in [7, 11) is 0. The predicted molar refractivity (Wildman–Crippen MR) is 203 cm³/mol. The molecule has 52 heavy (non-hydrogen) atoms. The van der Waals surface area contributed by atoms with Crippen molar-refractivity contribution < 1.29 is 8.78 Å². The zero-order valence-electron chi connectivity index (χ0n) is 29.3. The van der Waals surface area contributed by atoms with Crippen molar-refractivity contribution in [1.82, 2.24) is 15.3 Å². The molecule has 0 bridgehead atoms. The standard InChI is InChI=1S/C44H42F2N6/c1-26(23-47-43-48-24-28-21-37(33-15-6-7-19-39(33)45)31-13-2-4-16-35(31)41(28)51-43)20-27-10-8-18-34(40(27)46)38-22-29-25-49-44(50-30-11-9-12-30)52-42(29)36-17-5-3-14-32(36)38/h2-8,10,13-19,24,26,29-30,37-38H,9,11-12,20-23,25H2,1H3,(H,49,50)(H,47,48,51). The molecule has 8 heteroatoms.